The van der Waals surface area contributed by atoms with Crippen LogP contribution in [0, 0.1) is 20.8 Å². The quantitative estimate of drug-likeness (QED) is 0.485. The number of aryl methyl sites for hydroxylation is 3. The molecule has 1 aliphatic heterocycles. The molecule has 0 bridgehead atoms. The lowest BCUT2D eigenvalue weighted by Crippen LogP contribution is -2.30. The minimum Gasteiger partial charge on any atom is -0.496 e. The second-order valence-corrected chi connectivity index (χ2v) is 8.01. The van der Waals surface area contributed by atoms with Gasteiger partial charge in [0.15, 0.2) is 5.11 Å². The van der Waals surface area contributed by atoms with Crippen molar-refractivity contribution in [2.45, 2.75) is 27.3 Å². The van der Waals surface area contributed by atoms with E-state index in [0.717, 1.165) is 39.5 Å². The second kappa shape index (κ2) is 8.35. The Morgan fingerprint density at radius 3 is 2.61 bits per heavy atom. The van der Waals surface area contributed by atoms with Gasteiger partial charge < -0.3 is 10.1 Å². The average Bonchev–Trinajstić information content (AvgIpc) is 3.19. The third-order valence-electron chi connectivity index (χ3n) is 5.18. The van der Waals surface area contributed by atoms with Crippen molar-refractivity contribution >= 4 is 35.0 Å². The van der Waals surface area contributed by atoms with Gasteiger partial charge in [0.05, 0.1) is 25.0 Å². The molecule has 1 N–H and O–H groups in total. The number of methoxy groups -OCH3 is 1. The number of carbonyl (C=O) groups excluding carboxylic acids is 1. The standard InChI is InChI=1S/C24H24N4O2S/c1-15-6-5-7-20(10-15)28-23(29)21(25-24(28)31)13-18-8-9-22(30-4)19(12-18)14-27-17(3)11-16(2)26-27/h5-13H,14H2,1-4H3,(H,25,31)/b21-13+. The molecule has 158 valence electrons. The van der Waals surface area contributed by atoms with Gasteiger partial charge in [-0.1, -0.05) is 18.2 Å². The average molecular weight is 433 g/mol. The topological polar surface area (TPSA) is 59.4 Å². The zero-order valence-electron chi connectivity index (χ0n) is 18.0. The van der Waals surface area contributed by atoms with Crippen LogP contribution >= 0.6 is 12.2 Å². The number of anilines is 1. The molecule has 0 saturated carbocycles. The van der Waals surface area contributed by atoms with E-state index >= 15 is 0 Å². The van der Waals surface area contributed by atoms with Gasteiger partial charge in [0, 0.05) is 11.3 Å². The van der Waals surface area contributed by atoms with E-state index in [2.05, 4.69) is 10.4 Å². The van der Waals surface area contributed by atoms with Crippen molar-refractivity contribution < 1.29 is 9.53 Å². The Kier molecular flexibility index (Phi) is 5.61. The number of amides is 1. The first-order valence-electron chi connectivity index (χ1n) is 9.97. The monoisotopic (exact) mass is 432 g/mol. The molecular weight excluding hydrogens is 408 g/mol. The molecular formula is C24H24N4O2S. The van der Waals surface area contributed by atoms with Gasteiger partial charge >= 0.3 is 0 Å². The molecule has 0 aliphatic carbocycles. The first kappa shape index (κ1) is 20.8. The van der Waals surface area contributed by atoms with Crippen molar-refractivity contribution in [3.8, 4) is 5.75 Å². The molecule has 1 fully saturated rings. The van der Waals surface area contributed by atoms with E-state index in [1.807, 2.05) is 80.1 Å². The van der Waals surface area contributed by atoms with E-state index in [1.165, 1.54) is 4.90 Å². The molecule has 6 nitrogen and oxygen atoms in total. The van der Waals surface area contributed by atoms with E-state index in [-0.39, 0.29) is 5.91 Å². The summed E-state index contributed by atoms with van der Waals surface area (Å²) in [5, 5.41) is 7.97. The lowest BCUT2D eigenvalue weighted by Gasteiger charge is -2.14. The Morgan fingerprint density at radius 2 is 1.94 bits per heavy atom. The van der Waals surface area contributed by atoms with Gasteiger partial charge in [-0.05, 0) is 80.5 Å². The van der Waals surface area contributed by atoms with Crippen LogP contribution in [-0.2, 0) is 11.3 Å². The fraction of sp³-hybridized carbons (Fsp3) is 0.208. The Balaban J connectivity index is 1.65. The molecule has 3 aromatic rings. The van der Waals surface area contributed by atoms with Crippen LogP contribution in [0.5, 0.6) is 5.75 Å². The summed E-state index contributed by atoms with van der Waals surface area (Å²) in [5.74, 6) is 0.601. The van der Waals surface area contributed by atoms with Gasteiger partial charge in [0.25, 0.3) is 5.91 Å². The summed E-state index contributed by atoms with van der Waals surface area (Å²) in [6, 6.07) is 15.6. The van der Waals surface area contributed by atoms with E-state index in [0.29, 0.717) is 17.4 Å². The number of aromatic nitrogens is 2. The molecule has 0 spiro atoms. The molecule has 1 amide bonds. The maximum atomic E-state index is 13.0. The van der Waals surface area contributed by atoms with Gasteiger partial charge in [-0.3, -0.25) is 14.4 Å². The van der Waals surface area contributed by atoms with E-state index < -0.39 is 0 Å². The molecule has 2 heterocycles. The largest absolute Gasteiger partial charge is 0.496 e. The van der Waals surface area contributed by atoms with E-state index in [9.17, 15) is 4.79 Å². The summed E-state index contributed by atoms with van der Waals surface area (Å²) in [7, 11) is 1.65. The maximum Gasteiger partial charge on any atom is 0.281 e. The number of nitrogens with one attached hydrogen (secondary N) is 1. The summed E-state index contributed by atoms with van der Waals surface area (Å²) in [6.07, 6.45) is 1.81. The molecule has 31 heavy (non-hydrogen) atoms. The van der Waals surface area contributed by atoms with Crippen LogP contribution in [0.25, 0.3) is 6.08 Å². The summed E-state index contributed by atoms with van der Waals surface area (Å²) >= 11 is 5.43. The number of rotatable bonds is 5. The second-order valence-electron chi connectivity index (χ2n) is 7.62. The number of benzene rings is 2. The van der Waals surface area contributed by atoms with Crippen molar-refractivity contribution in [3.05, 3.63) is 82.3 Å². The molecule has 1 aromatic heterocycles. The minimum absolute atomic E-state index is 0.175. The molecule has 0 unspecified atom stereocenters. The maximum absolute atomic E-state index is 13.0. The first-order valence-corrected chi connectivity index (χ1v) is 10.4. The number of hydrogen-bond donors (Lipinski definition) is 1. The van der Waals surface area contributed by atoms with Gasteiger partial charge in [-0.2, -0.15) is 5.10 Å². The SMILES string of the molecule is COc1ccc(/C=C2/NC(=S)N(c3cccc(C)c3)C2=O)cc1Cn1nc(C)cc1C. The third kappa shape index (κ3) is 4.22. The lowest BCUT2D eigenvalue weighted by molar-refractivity contribution is -0.113. The van der Waals surface area contributed by atoms with E-state index in [1.54, 1.807) is 7.11 Å². The van der Waals surface area contributed by atoms with Crippen LogP contribution in [0.3, 0.4) is 0 Å². The lowest BCUT2D eigenvalue weighted by atomic mass is 10.1. The molecule has 1 saturated heterocycles. The van der Waals surface area contributed by atoms with Gasteiger partial charge in [0.1, 0.15) is 11.4 Å². The number of nitrogens with zero attached hydrogens (tertiary/aromatic N) is 3. The third-order valence-corrected chi connectivity index (χ3v) is 5.46. The smallest absolute Gasteiger partial charge is 0.281 e. The van der Waals surface area contributed by atoms with Gasteiger partial charge in [0.2, 0.25) is 0 Å². The minimum atomic E-state index is -0.175. The molecule has 0 radical (unpaired) electrons. The predicted octanol–water partition coefficient (Wildman–Crippen LogP) is 4.13. The Morgan fingerprint density at radius 1 is 1.13 bits per heavy atom. The number of hydrogen-bond acceptors (Lipinski definition) is 4. The first-order chi connectivity index (χ1) is 14.9. The Labute approximate surface area is 187 Å². The van der Waals surface area contributed by atoms with Crippen LogP contribution in [-0.4, -0.2) is 27.9 Å². The van der Waals surface area contributed by atoms with Gasteiger partial charge in [-0.15, -0.1) is 0 Å². The van der Waals surface area contributed by atoms with Crippen LogP contribution < -0.4 is 15.0 Å². The number of thiocarbonyl (C=S) groups is 1. The summed E-state index contributed by atoms with van der Waals surface area (Å²) in [5.41, 5.74) is 6.16. The Hall–Kier alpha value is -3.45. The van der Waals surface area contributed by atoms with Crippen molar-refractivity contribution in [3.63, 3.8) is 0 Å². The van der Waals surface area contributed by atoms with Crippen molar-refractivity contribution in [1.82, 2.24) is 15.1 Å². The van der Waals surface area contributed by atoms with Gasteiger partial charge in [-0.25, -0.2) is 0 Å². The molecule has 2 aromatic carbocycles. The van der Waals surface area contributed by atoms with E-state index in [4.69, 9.17) is 17.0 Å². The highest BCUT2D eigenvalue weighted by Crippen LogP contribution is 2.26. The number of ether oxygens (including phenoxy) is 1. The highest BCUT2D eigenvalue weighted by molar-refractivity contribution is 7.80. The predicted molar refractivity (Wildman–Crippen MR) is 126 cm³/mol. The summed E-state index contributed by atoms with van der Waals surface area (Å²) < 4.78 is 7.48. The molecule has 7 heteroatoms. The highest BCUT2D eigenvalue weighted by Gasteiger charge is 2.32. The molecule has 0 atom stereocenters. The van der Waals surface area contributed by atoms with Crippen molar-refractivity contribution in [2.24, 2.45) is 0 Å². The fourth-order valence-electron chi connectivity index (χ4n) is 3.71. The highest BCUT2D eigenvalue weighted by atomic mass is 32.1. The molecule has 1 aliphatic rings. The van der Waals surface area contributed by atoms with Crippen LogP contribution in [0.15, 0.2) is 54.2 Å². The van der Waals surface area contributed by atoms with Crippen molar-refractivity contribution in [2.75, 3.05) is 12.0 Å². The summed E-state index contributed by atoms with van der Waals surface area (Å²) in [4.78, 5) is 14.6. The summed E-state index contributed by atoms with van der Waals surface area (Å²) in [6.45, 7) is 6.57. The zero-order chi connectivity index (χ0) is 22.1. The normalized spacial score (nSPS) is 15.0. The fourth-order valence-corrected chi connectivity index (χ4v) is 4.01. The van der Waals surface area contributed by atoms with Crippen LogP contribution in [0.1, 0.15) is 28.1 Å². The zero-order valence-corrected chi connectivity index (χ0v) is 18.8. The van der Waals surface area contributed by atoms with Crippen LogP contribution in [0.2, 0.25) is 0 Å². The number of carbonyl (C=O) groups is 1. The molecule has 4 rings (SSSR count). The Bertz CT molecular complexity index is 1210. The van der Waals surface area contributed by atoms with Crippen molar-refractivity contribution in [1.29, 1.82) is 0 Å². The van der Waals surface area contributed by atoms with Crippen LogP contribution in [0.4, 0.5) is 5.69 Å².